The van der Waals surface area contributed by atoms with E-state index in [1.54, 1.807) is 0 Å². The van der Waals surface area contributed by atoms with Gasteiger partial charge in [0.05, 0.1) is 13.2 Å². The highest BCUT2D eigenvalue weighted by Gasteiger charge is 2.26. The van der Waals surface area contributed by atoms with Gasteiger partial charge in [0, 0.05) is 19.4 Å². The molecule has 0 aliphatic carbocycles. The molecule has 0 aromatic heterocycles. The van der Waals surface area contributed by atoms with E-state index in [1.807, 2.05) is 0 Å². The van der Waals surface area contributed by atoms with Crippen molar-refractivity contribution in [1.82, 2.24) is 0 Å². The molecule has 0 saturated carbocycles. The van der Waals surface area contributed by atoms with Crippen LogP contribution in [-0.4, -0.2) is 49.3 Å². The van der Waals surface area contributed by atoms with Crippen molar-refractivity contribution in [2.45, 2.75) is 296 Å². The van der Waals surface area contributed by atoms with Crippen molar-refractivity contribution in [1.29, 1.82) is 0 Å². The average molecular weight is 1030 g/mol. The number of esters is 2. The van der Waals surface area contributed by atoms with Gasteiger partial charge in [0.15, 0.2) is 6.10 Å². The summed E-state index contributed by atoms with van der Waals surface area (Å²) >= 11 is 0. The van der Waals surface area contributed by atoms with Gasteiger partial charge in [0.25, 0.3) is 0 Å². The predicted molar refractivity (Wildman–Crippen MR) is 307 cm³/mol. The molecule has 0 spiro atoms. The second-order valence-electron chi connectivity index (χ2n) is 20.2. The fourth-order valence-corrected chi connectivity index (χ4v) is 9.49. The van der Waals surface area contributed by atoms with Crippen LogP contribution in [0.5, 0.6) is 0 Å². The summed E-state index contributed by atoms with van der Waals surface area (Å²) in [7, 11) is -4.40. The number of phosphoric acid groups is 1. The molecule has 0 aliphatic heterocycles. The third kappa shape index (κ3) is 57.0. The van der Waals surface area contributed by atoms with Gasteiger partial charge in [-0.05, 0) is 57.8 Å². The number of nitrogens with two attached hydrogens (primary N) is 1. The van der Waals surface area contributed by atoms with Crippen molar-refractivity contribution < 1.29 is 37.6 Å². The monoisotopic (exact) mass is 1030 g/mol. The minimum atomic E-state index is -4.40. The van der Waals surface area contributed by atoms with Crippen molar-refractivity contribution in [2.75, 3.05) is 26.4 Å². The number of hydrogen-bond donors (Lipinski definition) is 2. The highest BCUT2D eigenvalue weighted by Crippen LogP contribution is 2.43. The summed E-state index contributed by atoms with van der Waals surface area (Å²) in [5.74, 6) is -0.857. The van der Waals surface area contributed by atoms with Crippen LogP contribution < -0.4 is 5.73 Å². The van der Waals surface area contributed by atoms with Crippen LogP contribution in [0.4, 0.5) is 0 Å². The highest BCUT2D eigenvalue weighted by molar-refractivity contribution is 7.47. The van der Waals surface area contributed by atoms with Crippen molar-refractivity contribution in [3.8, 4) is 0 Å². The van der Waals surface area contributed by atoms with E-state index in [0.717, 1.165) is 70.6 Å². The van der Waals surface area contributed by atoms with E-state index in [0.29, 0.717) is 6.42 Å². The first-order valence-corrected chi connectivity index (χ1v) is 31.8. The van der Waals surface area contributed by atoms with Crippen LogP contribution in [0.3, 0.4) is 0 Å². The number of carbonyl (C=O) groups is 2. The van der Waals surface area contributed by atoms with E-state index in [4.69, 9.17) is 24.3 Å². The molecule has 0 saturated heterocycles. The van der Waals surface area contributed by atoms with Gasteiger partial charge in [-0.1, -0.05) is 280 Å². The maximum absolute atomic E-state index is 12.7. The number of carbonyl (C=O) groups excluding carboxylic acids is 2. The second-order valence-corrected chi connectivity index (χ2v) is 21.7. The third-order valence-corrected chi connectivity index (χ3v) is 14.2. The summed E-state index contributed by atoms with van der Waals surface area (Å²) in [6.07, 6.45) is 73.1. The van der Waals surface area contributed by atoms with Crippen LogP contribution >= 0.6 is 7.82 Å². The molecule has 0 radical (unpaired) electrons. The van der Waals surface area contributed by atoms with Gasteiger partial charge in [-0.25, -0.2) is 4.57 Å². The lowest BCUT2D eigenvalue weighted by molar-refractivity contribution is -0.161. The minimum Gasteiger partial charge on any atom is -0.462 e. The minimum absolute atomic E-state index is 0.0464. The molecule has 0 amide bonds. The largest absolute Gasteiger partial charge is 0.472 e. The predicted octanol–water partition coefficient (Wildman–Crippen LogP) is 19.1. The number of unbranched alkanes of at least 4 members (excludes halogenated alkanes) is 34. The molecule has 3 N–H and O–H groups in total. The Balaban J connectivity index is 3.89. The number of ether oxygens (including phenoxy) is 2. The van der Waals surface area contributed by atoms with Crippen molar-refractivity contribution >= 4 is 19.8 Å². The van der Waals surface area contributed by atoms with Crippen molar-refractivity contribution in [3.63, 3.8) is 0 Å². The van der Waals surface area contributed by atoms with Crippen LogP contribution in [0.25, 0.3) is 0 Å². The fraction of sp³-hybridized carbons (Fsp3) is 0.806. The van der Waals surface area contributed by atoms with E-state index >= 15 is 0 Å². The van der Waals surface area contributed by atoms with E-state index in [-0.39, 0.29) is 38.6 Å². The Labute approximate surface area is 444 Å². The molecule has 0 bridgehead atoms. The lowest BCUT2D eigenvalue weighted by Crippen LogP contribution is -2.29. The molecule has 0 rings (SSSR count). The number of phosphoric ester groups is 1. The maximum atomic E-state index is 12.7. The van der Waals surface area contributed by atoms with Crippen LogP contribution in [0.1, 0.15) is 290 Å². The summed E-state index contributed by atoms with van der Waals surface area (Å²) in [4.78, 5) is 35.2. The summed E-state index contributed by atoms with van der Waals surface area (Å²) in [6, 6.07) is 0. The number of rotatable bonds is 57. The molecule has 0 aromatic rings. The molecular weight excluding hydrogens is 918 g/mol. The zero-order valence-corrected chi connectivity index (χ0v) is 47.8. The average Bonchev–Trinajstić information content (AvgIpc) is 3.37. The van der Waals surface area contributed by atoms with E-state index < -0.39 is 26.5 Å². The summed E-state index contributed by atoms with van der Waals surface area (Å²) < 4.78 is 33.0. The number of allylic oxidation sites excluding steroid dienone is 10. The quantitative estimate of drug-likeness (QED) is 0.0264. The van der Waals surface area contributed by atoms with Crippen LogP contribution in [-0.2, 0) is 32.7 Å². The molecular formula is C62H114NO8P. The van der Waals surface area contributed by atoms with Gasteiger partial charge in [-0.15, -0.1) is 0 Å². The van der Waals surface area contributed by atoms with Gasteiger partial charge in [-0.3, -0.25) is 18.6 Å². The normalized spacial score (nSPS) is 13.4. The van der Waals surface area contributed by atoms with Gasteiger partial charge >= 0.3 is 19.8 Å². The molecule has 2 atom stereocenters. The lowest BCUT2D eigenvalue weighted by atomic mass is 10.0. The Kier molecular flexibility index (Phi) is 56.1. The van der Waals surface area contributed by atoms with Gasteiger partial charge in [0.2, 0.25) is 0 Å². The summed E-state index contributed by atoms with van der Waals surface area (Å²) in [5.41, 5.74) is 5.38. The van der Waals surface area contributed by atoms with Crippen molar-refractivity contribution in [2.24, 2.45) is 5.73 Å². The SMILES string of the molecule is CC/C=C\C/C=C\C/C=C\C/C=C\C/C=C\CCCCCC(=O)OC(COC(=O)CCCCCCCCCCCCCCCCCCCCCCCCCCCCCCCCCC)COP(=O)(O)OCCN. The molecule has 0 fully saturated rings. The molecule has 2 unspecified atom stereocenters. The van der Waals surface area contributed by atoms with Crippen molar-refractivity contribution in [3.05, 3.63) is 60.8 Å². The van der Waals surface area contributed by atoms with Crippen LogP contribution in [0.2, 0.25) is 0 Å². The first kappa shape index (κ1) is 69.7. The smallest absolute Gasteiger partial charge is 0.462 e. The molecule has 0 aromatic carbocycles. The molecule has 0 aliphatic rings. The topological polar surface area (TPSA) is 134 Å². The Hall–Kier alpha value is -2.29. The Morgan fingerprint density at radius 3 is 1.14 bits per heavy atom. The fourth-order valence-electron chi connectivity index (χ4n) is 8.72. The summed E-state index contributed by atoms with van der Waals surface area (Å²) in [6.45, 7) is 3.62. The maximum Gasteiger partial charge on any atom is 0.472 e. The lowest BCUT2D eigenvalue weighted by Gasteiger charge is -2.19. The van der Waals surface area contributed by atoms with Gasteiger partial charge in [0.1, 0.15) is 6.61 Å². The third-order valence-electron chi connectivity index (χ3n) is 13.2. The van der Waals surface area contributed by atoms with E-state index in [1.165, 1.54) is 186 Å². The highest BCUT2D eigenvalue weighted by atomic mass is 31.2. The van der Waals surface area contributed by atoms with E-state index in [2.05, 4.69) is 74.6 Å². The number of hydrogen-bond acceptors (Lipinski definition) is 8. The first-order valence-electron chi connectivity index (χ1n) is 30.3. The Morgan fingerprint density at radius 1 is 0.431 bits per heavy atom. The standard InChI is InChI=1S/C62H114NO8P/c1-3-5-7-9-11-13-15-17-19-21-23-24-25-26-27-28-29-30-31-32-33-34-35-37-38-40-42-44-46-48-50-52-54-61(64)68-58-60(59-70-72(66,67)69-57-56-63)71-62(65)55-53-51-49-47-45-43-41-39-36-22-20-18-16-14-12-10-8-6-4-2/h6,8,12,14,18,20,36,39,43,45,60H,3-5,7,9-11,13,15-17,19,21-35,37-38,40-42,44,46-59,63H2,1-2H3,(H,66,67)/b8-6-,14-12-,20-18-,39-36-,45-43-. The zero-order chi connectivity index (χ0) is 52.4. The Morgan fingerprint density at radius 2 is 0.764 bits per heavy atom. The van der Waals surface area contributed by atoms with Gasteiger partial charge < -0.3 is 20.1 Å². The van der Waals surface area contributed by atoms with E-state index in [9.17, 15) is 19.0 Å². The molecule has 72 heavy (non-hydrogen) atoms. The molecule has 10 heteroatoms. The summed E-state index contributed by atoms with van der Waals surface area (Å²) in [5, 5.41) is 0. The molecule has 0 heterocycles. The second kappa shape index (κ2) is 58.0. The molecule has 420 valence electrons. The molecule has 9 nitrogen and oxygen atoms in total. The van der Waals surface area contributed by atoms with Gasteiger partial charge in [-0.2, -0.15) is 0 Å². The zero-order valence-electron chi connectivity index (χ0n) is 46.9. The van der Waals surface area contributed by atoms with Crippen LogP contribution in [0.15, 0.2) is 60.8 Å². The first-order chi connectivity index (χ1) is 35.3. The van der Waals surface area contributed by atoms with Crippen LogP contribution in [0, 0.1) is 0 Å². The Bertz CT molecular complexity index is 1360.